The molecule has 0 radical (unpaired) electrons. The normalized spacial score (nSPS) is 12.2. The molecule has 0 unspecified atom stereocenters. The van der Waals surface area contributed by atoms with Gasteiger partial charge in [0.15, 0.2) is 5.58 Å². The predicted molar refractivity (Wildman–Crippen MR) is 217 cm³/mol. The lowest BCUT2D eigenvalue weighted by Gasteiger charge is -2.11. The first-order valence-corrected chi connectivity index (χ1v) is 17.8. The maximum Gasteiger partial charge on any atom is 0.159 e. The Labute approximate surface area is 297 Å². The quantitative estimate of drug-likeness (QED) is 0.185. The summed E-state index contributed by atoms with van der Waals surface area (Å²) in [5.74, 6) is 0. The maximum absolute atomic E-state index is 6.59. The highest BCUT2D eigenvalue weighted by Crippen LogP contribution is 2.42. The van der Waals surface area contributed by atoms with Crippen molar-refractivity contribution in [3.8, 4) is 17.1 Å². The highest BCUT2D eigenvalue weighted by Gasteiger charge is 2.21. The van der Waals surface area contributed by atoms with E-state index in [1.54, 1.807) is 0 Å². The lowest BCUT2D eigenvalue weighted by Crippen LogP contribution is -1.96. The van der Waals surface area contributed by atoms with Gasteiger partial charge in [0.2, 0.25) is 0 Å². The topological polar surface area (TPSA) is 27.9 Å². The second-order valence-corrected chi connectivity index (χ2v) is 13.7. The molecule has 4 heteroatoms. The minimum absolute atomic E-state index is 0.900. The van der Waals surface area contributed by atoms with E-state index in [-0.39, 0.29) is 0 Å². The molecule has 0 amide bonds. The Morgan fingerprint density at radius 3 is 1.48 bits per heavy atom. The van der Waals surface area contributed by atoms with E-state index in [1.807, 2.05) is 6.07 Å². The number of nitrogens with zero attached hydrogens (tertiary/aromatic N) is 3. The largest absolute Gasteiger partial charge is 0.454 e. The number of fused-ring (bicyclic) bond motifs is 12. The molecule has 0 fully saturated rings. The Bertz CT molecular complexity index is 3410. The summed E-state index contributed by atoms with van der Waals surface area (Å²) in [5, 5.41) is 9.61. The van der Waals surface area contributed by atoms with E-state index in [2.05, 4.69) is 184 Å². The van der Waals surface area contributed by atoms with Crippen molar-refractivity contribution in [2.75, 3.05) is 0 Å². The van der Waals surface area contributed by atoms with Crippen molar-refractivity contribution in [3.05, 3.63) is 176 Å². The molecule has 0 aliphatic heterocycles. The van der Waals surface area contributed by atoms with E-state index in [4.69, 9.17) is 4.42 Å². The van der Waals surface area contributed by atoms with Crippen LogP contribution < -0.4 is 0 Å². The smallest absolute Gasteiger partial charge is 0.159 e. The highest BCUT2D eigenvalue weighted by molar-refractivity contribution is 6.20. The molecule has 0 N–H and O–H groups in total. The maximum atomic E-state index is 6.59. The number of furan rings is 1. The van der Waals surface area contributed by atoms with Crippen molar-refractivity contribution >= 4 is 87.4 Å². The molecule has 0 aliphatic carbocycles. The SMILES string of the molecule is c1ccc(-n2c3ccccc3c3cc(-n4c5ccccc5c5cc6c(cc54)c4ccccc4n6-c4cccc5c4oc4ccccc45)ccc32)cc1. The summed E-state index contributed by atoms with van der Waals surface area (Å²) in [6.45, 7) is 0. The average molecular weight is 664 g/mol. The molecule has 8 aromatic carbocycles. The Hall–Kier alpha value is -7.04. The lowest BCUT2D eigenvalue weighted by molar-refractivity contribution is 0.666. The van der Waals surface area contributed by atoms with Crippen molar-refractivity contribution in [1.82, 2.24) is 13.7 Å². The summed E-state index contributed by atoms with van der Waals surface area (Å²) in [4.78, 5) is 0. The molecular weight excluding hydrogens is 635 g/mol. The Kier molecular flexibility index (Phi) is 5.47. The van der Waals surface area contributed by atoms with Gasteiger partial charge in [-0.1, -0.05) is 103 Å². The average Bonchev–Trinajstić information content (AvgIpc) is 3.93. The highest BCUT2D eigenvalue weighted by atomic mass is 16.3. The van der Waals surface area contributed by atoms with Crippen LogP contribution in [0.5, 0.6) is 0 Å². The summed E-state index contributed by atoms with van der Waals surface area (Å²) in [6.07, 6.45) is 0. The van der Waals surface area contributed by atoms with Crippen LogP contribution in [0.15, 0.2) is 180 Å². The van der Waals surface area contributed by atoms with Gasteiger partial charge in [-0.05, 0) is 72.8 Å². The summed E-state index contributed by atoms with van der Waals surface area (Å²) in [7, 11) is 0. The van der Waals surface area contributed by atoms with Crippen LogP contribution in [0.25, 0.3) is 104 Å². The van der Waals surface area contributed by atoms with E-state index >= 15 is 0 Å². The van der Waals surface area contributed by atoms with Gasteiger partial charge in [-0.3, -0.25) is 0 Å². The number of para-hydroxylation sites is 6. The fourth-order valence-corrected chi connectivity index (χ4v) is 8.83. The van der Waals surface area contributed by atoms with Crippen molar-refractivity contribution in [2.45, 2.75) is 0 Å². The van der Waals surface area contributed by atoms with Crippen LogP contribution in [0, 0.1) is 0 Å². The molecule has 12 aromatic rings. The number of hydrogen-bond acceptors (Lipinski definition) is 1. The first kappa shape index (κ1) is 27.7. The summed E-state index contributed by atoms with van der Waals surface area (Å²) >= 11 is 0. The van der Waals surface area contributed by atoms with Crippen molar-refractivity contribution in [3.63, 3.8) is 0 Å². The van der Waals surface area contributed by atoms with E-state index < -0.39 is 0 Å². The molecule has 4 nitrogen and oxygen atoms in total. The minimum atomic E-state index is 0.900. The molecule has 12 rings (SSSR count). The van der Waals surface area contributed by atoms with Crippen LogP contribution >= 0.6 is 0 Å². The second kappa shape index (κ2) is 10.3. The van der Waals surface area contributed by atoms with E-state index in [9.17, 15) is 0 Å². The van der Waals surface area contributed by atoms with Gasteiger partial charge in [-0.2, -0.15) is 0 Å². The predicted octanol–water partition coefficient (Wildman–Crippen LogP) is 12.9. The van der Waals surface area contributed by atoms with Gasteiger partial charge >= 0.3 is 0 Å². The number of aromatic nitrogens is 3. The first-order valence-electron chi connectivity index (χ1n) is 17.8. The fraction of sp³-hybridized carbons (Fsp3) is 0. The molecule has 0 atom stereocenters. The monoisotopic (exact) mass is 663 g/mol. The molecule has 0 spiro atoms. The van der Waals surface area contributed by atoms with E-state index in [1.165, 1.54) is 54.4 Å². The number of benzene rings is 8. The number of rotatable bonds is 3. The van der Waals surface area contributed by atoms with Gasteiger partial charge < -0.3 is 18.1 Å². The molecule has 0 bridgehead atoms. The molecule has 4 heterocycles. The van der Waals surface area contributed by atoms with Gasteiger partial charge in [-0.15, -0.1) is 0 Å². The molecule has 0 saturated carbocycles. The summed E-state index contributed by atoms with van der Waals surface area (Å²) in [5.41, 5.74) is 12.2. The second-order valence-electron chi connectivity index (χ2n) is 13.7. The Morgan fingerprint density at radius 1 is 0.288 bits per heavy atom. The van der Waals surface area contributed by atoms with Crippen LogP contribution in [0.3, 0.4) is 0 Å². The van der Waals surface area contributed by atoms with Crippen LogP contribution in [0.1, 0.15) is 0 Å². The van der Waals surface area contributed by atoms with Crippen LogP contribution in [-0.2, 0) is 0 Å². The van der Waals surface area contributed by atoms with Crippen molar-refractivity contribution in [2.24, 2.45) is 0 Å². The summed E-state index contributed by atoms with van der Waals surface area (Å²) in [6, 6.07) is 63.5. The third-order valence-corrected chi connectivity index (χ3v) is 11.0. The molecule has 242 valence electrons. The number of hydrogen-bond donors (Lipinski definition) is 0. The van der Waals surface area contributed by atoms with E-state index in [0.29, 0.717) is 0 Å². The minimum Gasteiger partial charge on any atom is -0.454 e. The molecule has 0 saturated heterocycles. The van der Waals surface area contributed by atoms with Crippen molar-refractivity contribution < 1.29 is 4.42 Å². The zero-order valence-corrected chi connectivity index (χ0v) is 28.0. The fourth-order valence-electron chi connectivity index (χ4n) is 8.83. The van der Waals surface area contributed by atoms with Crippen LogP contribution in [0.4, 0.5) is 0 Å². The third kappa shape index (κ3) is 3.65. The van der Waals surface area contributed by atoms with E-state index in [0.717, 1.165) is 50.0 Å². The third-order valence-electron chi connectivity index (χ3n) is 11.0. The summed E-state index contributed by atoms with van der Waals surface area (Å²) < 4.78 is 13.8. The lowest BCUT2D eigenvalue weighted by atomic mass is 10.1. The van der Waals surface area contributed by atoms with Crippen molar-refractivity contribution in [1.29, 1.82) is 0 Å². The zero-order chi connectivity index (χ0) is 33.9. The molecular formula is C48H29N3O. The first-order chi connectivity index (χ1) is 25.8. The molecule has 0 aliphatic rings. The van der Waals surface area contributed by atoms with Gasteiger partial charge in [-0.25, -0.2) is 0 Å². The zero-order valence-electron chi connectivity index (χ0n) is 28.0. The van der Waals surface area contributed by atoms with Gasteiger partial charge in [0.25, 0.3) is 0 Å². The Morgan fingerprint density at radius 2 is 0.788 bits per heavy atom. The van der Waals surface area contributed by atoms with Crippen LogP contribution in [-0.4, -0.2) is 13.7 Å². The molecule has 4 aromatic heterocycles. The van der Waals surface area contributed by atoms with Crippen LogP contribution in [0.2, 0.25) is 0 Å². The standard InChI is InChI=1S/C48H29N3O/c1-2-13-30(14-3-1)49-40-20-8-4-15-32(40)37-27-31(25-26-43(37)49)50-41-21-9-5-16-33(41)38-29-46-39(28-45(38)50)34-17-6-10-22-42(34)51(46)44-23-12-19-36-35-18-7-11-24-47(35)52-48(36)44/h1-29H. The van der Waals surface area contributed by atoms with Gasteiger partial charge in [0, 0.05) is 54.5 Å². The van der Waals surface area contributed by atoms with Gasteiger partial charge in [0.1, 0.15) is 5.58 Å². The Balaban J connectivity index is 1.17. The molecule has 52 heavy (non-hydrogen) atoms. The van der Waals surface area contributed by atoms with Gasteiger partial charge in [0.05, 0.1) is 38.8 Å².